The molecular formula is C18H25Cl2N5O2. The lowest BCUT2D eigenvalue weighted by Crippen LogP contribution is -2.12. The maximum atomic E-state index is 7.41. The highest BCUT2D eigenvalue weighted by Gasteiger charge is 2.01. The van der Waals surface area contributed by atoms with Crippen molar-refractivity contribution in [2.75, 3.05) is 13.2 Å². The van der Waals surface area contributed by atoms with E-state index in [1.54, 1.807) is 30.5 Å². The van der Waals surface area contributed by atoms with Crippen LogP contribution in [-0.4, -0.2) is 29.9 Å². The zero-order valence-electron chi connectivity index (χ0n) is 14.8. The minimum Gasteiger partial charge on any atom is -0.494 e. The fourth-order valence-electron chi connectivity index (χ4n) is 2.14. The molecular weight excluding hydrogens is 389 g/mol. The summed E-state index contributed by atoms with van der Waals surface area (Å²) in [5.74, 6) is 1.37. The van der Waals surface area contributed by atoms with Crippen molar-refractivity contribution in [2.24, 2.45) is 11.5 Å². The number of hydrogen-bond donors (Lipinski definition) is 4. The number of nitrogens with two attached hydrogens (primary N) is 2. The van der Waals surface area contributed by atoms with Crippen LogP contribution in [0, 0.1) is 10.8 Å². The van der Waals surface area contributed by atoms with Crippen LogP contribution in [0.4, 0.5) is 0 Å². The number of pyridine rings is 1. The minimum atomic E-state index is -0.0552. The monoisotopic (exact) mass is 413 g/mol. The Hall–Kier alpha value is -2.51. The zero-order chi connectivity index (χ0) is 18.1. The van der Waals surface area contributed by atoms with Gasteiger partial charge in [0.2, 0.25) is 0 Å². The first-order valence-electron chi connectivity index (χ1n) is 8.07. The first-order valence-corrected chi connectivity index (χ1v) is 8.07. The van der Waals surface area contributed by atoms with Crippen LogP contribution in [0.5, 0.6) is 11.5 Å². The Morgan fingerprint density at radius 3 is 2.07 bits per heavy atom. The Bertz CT molecular complexity index is 726. The Morgan fingerprint density at radius 1 is 0.852 bits per heavy atom. The van der Waals surface area contributed by atoms with E-state index < -0.39 is 0 Å². The molecule has 0 aliphatic heterocycles. The van der Waals surface area contributed by atoms with Crippen molar-refractivity contribution < 1.29 is 9.47 Å². The number of rotatable bonds is 10. The van der Waals surface area contributed by atoms with E-state index in [1.807, 2.05) is 12.1 Å². The van der Waals surface area contributed by atoms with Crippen LogP contribution in [0.15, 0.2) is 42.6 Å². The summed E-state index contributed by atoms with van der Waals surface area (Å²) in [5.41, 5.74) is 11.9. The number of aromatic nitrogens is 1. The third-order valence-electron chi connectivity index (χ3n) is 3.48. The van der Waals surface area contributed by atoms with Crippen molar-refractivity contribution in [3.63, 3.8) is 0 Å². The fraction of sp³-hybridized carbons (Fsp3) is 0.278. The lowest BCUT2D eigenvalue weighted by molar-refractivity contribution is 0.279. The molecule has 2 aromatic rings. The largest absolute Gasteiger partial charge is 0.494 e. The standard InChI is InChI=1S/C18H23N5O2.2ClH/c19-17(20)13-5-4-6-14(11-13)24-9-2-1-3-10-25-15-7-8-16(18(21)22)23-12-15;;/h4-8,11-12H,1-3,9-10H2,(H3,19,20)(H3,21,22);2*1H. The number of benzene rings is 1. The molecule has 1 heterocycles. The van der Waals surface area contributed by atoms with Crippen molar-refractivity contribution in [1.29, 1.82) is 10.8 Å². The van der Waals surface area contributed by atoms with Gasteiger partial charge in [-0.05, 0) is 43.5 Å². The molecule has 0 atom stereocenters. The molecule has 7 nitrogen and oxygen atoms in total. The van der Waals surface area contributed by atoms with Crippen LogP contribution in [-0.2, 0) is 0 Å². The quantitative estimate of drug-likeness (QED) is 0.270. The highest BCUT2D eigenvalue weighted by molar-refractivity contribution is 5.95. The summed E-state index contributed by atoms with van der Waals surface area (Å²) < 4.78 is 11.3. The summed E-state index contributed by atoms with van der Waals surface area (Å²) in [6, 6.07) is 10.7. The second-order valence-electron chi connectivity index (χ2n) is 5.49. The second kappa shape index (κ2) is 12.8. The minimum absolute atomic E-state index is 0. The molecule has 148 valence electrons. The molecule has 0 fully saturated rings. The third kappa shape index (κ3) is 8.61. The van der Waals surface area contributed by atoms with Gasteiger partial charge in [-0.25, -0.2) is 4.98 Å². The SMILES string of the molecule is Cl.Cl.N=C(N)c1cccc(OCCCCCOc2ccc(C(=N)N)nc2)c1. The van der Waals surface area contributed by atoms with Gasteiger partial charge in [-0.2, -0.15) is 0 Å². The first kappa shape index (κ1) is 24.5. The van der Waals surface area contributed by atoms with Gasteiger partial charge in [0.15, 0.2) is 0 Å². The number of nitrogen functional groups attached to an aromatic ring is 2. The molecule has 27 heavy (non-hydrogen) atoms. The molecule has 0 radical (unpaired) electrons. The van der Waals surface area contributed by atoms with Crippen LogP contribution in [0.1, 0.15) is 30.5 Å². The smallest absolute Gasteiger partial charge is 0.141 e. The van der Waals surface area contributed by atoms with E-state index in [-0.39, 0.29) is 36.5 Å². The summed E-state index contributed by atoms with van der Waals surface area (Å²) in [6.07, 6.45) is 4.37. The molecule has 0 aliphatic carbocycles. The van der Waals surface area contributed by atoms with Gasteiger partial charge in [0, 0.05) is 5.56 Å². The highest BCUT2D eigenvalue weighted by atomic mass is 35.5. The topological polar surface area (TPSA) is 131 Å². The van der Waals surface area contributed by atoms with Gasteiger partial charge >= 0.3 is 0 Å². The lowest BCUT2D eigenvalue weighted by atomic mass is 10.2. The molecule has 1 aromatic heterocycles. The Balaban J connectivity index is 0.00000338. The second-order valence-corrected chi connectivity index (χ2v) is 5.49. The van der Waals surface area contributed by atoms with E-state index in [0.29, 0.717) is 30.2 Å². The molecule has 0 saturated heterocycles. The Morgan fingerprint density at radius 2 is 1.52 bits per heavy atom. The zero-order valence-corrected chi connectivity index (χ0v) is 16.4. The summed E-state index contributed by atoms with van der Waals surface area (Å²) in [4.78, 5) is 4.04. The number of ether oxygens (including phenoxy) is 2. The van der Waals surface area contributed by atoms with E-state index in [4.69, 9.17) is 31.8 Å². The van der Waals surface area contributed by atoms with Crippen molar-refractivity contribution >= 4 is 36.5 Å². The van der Waals surface area contributed by atoms with Crippen LogP contribution >= 0.6 is 24.8 Å². The van der Waals surface area contributed by atoms with Crippen LogP contribution < -0.4 is 20.9 Å². The Kier molecular flexibility index (Phi) is 11.6. The molecule has 0 amide bonds. The maximum absolute atomic E-state index is 7.41. The van der Waals surface area contributed by atoms with Gasteiger partial charge in [-0.1, -0.05) is 12.1 Å². The molecule has 2 rings (SSSR count). The lowest BCUT2D eigenvalue weighted by Gasteiger charge is -2.08. The van der Waals surface area contributed by atoms with E-state index in [2.05, 4.69) is 4.98 Å². The van der Waals surface area contributed by atoms with Crippen molar-refractivity contribution in [2.45, 2.75) is 19.3 Å². The molecule has 0 unspecified atom stereocenters. The van der Waals surface area contributed by atoms with Crippen LogP contribution in [0.3, 0.4) is 0 Å². The molecule has 0 bridgehead atoms. The average Bonchev–Trinajstić information content (AvgIpc) is 2.61. The molecule has 0 saturated carbocycles. The van der Waals surface area contributed by atoms with E-state index in [0.717, 1.165) is 25.0 Å². The Labute approximate surface area is 171 Å². The maximum Gasteiger partial charge on any atom is 0.141 e. The van der Waals surface area contributed by atoms with Gasteiger partial charge in [-0.3, -0.25) is 10.8 Å². The molecule has 6 N–H and O–H groups in total. The summed E-state index contributed by atoms with van der Waals surface area (Å²) in [6.45, 7) is 1.21. The van der Waals surface area contributed by atoms with Crippen LogP contribution in [0.25, 0.3) is 0 Å². The fourth-order valence-corrected chi connectivity index (χ4v) is 2.14. The summed E-state index contributed by atoms with van der Waals surface area (Å²) in [5, 5.41) is 14.7. The van der Waals surface area contributed by atoms with E-state index in [1.165, 1.54) is 0 Å². The number of hydrogen-bond acceptors (Lipinski definition) is 5. The number of halogens is 2. The number of amidine groups is 2. The summed E-state index contributed by atoms with van der Waals surface area (Å²) in [7, 11) is 0. The van der Waals surface area contributed by atoms with Crippen molar-refractivity contribution in [3.05, 3.63) is 53.9 Å². The van der Waals surface area contributed by atoms with Gasteiger partial charge in [0.1, 0.15) is 28.9 Å². The van der Waals surface area contributed by atoms with Crippen molar-refractivity contribution in [1.82, 2.24) is 4.98 Å². The molecule has 0 spiro atoms. The van der Waals surface area contributed by atoms with Gasteiger partial charge in [0.05, 0.1) is 19.4 Å². The van der Waals surface area contributed by atoms with E-state index in [9.17, 15) is 0 Å². The third-order valence-corrected chi connectivity index (χ3v) is 3.48. The van der Waals surface area contributed by atoms with Crippen LogP contribution in [0.2, 0.25) is 0 Å². The average molecular weight is 414 g/mol. The van der Waals surface area contributed by atoms with E-state index >= 15 is 0 Å². The molecule has 0 aliphatic rings. The summed E-state index contributed by atoms with van der Waals surface area (Å²) >= 11 is 0. The normalized spacial score (nSPS) is 9.48. The molecule has 1 aromatic carbocycles. The van der Waals surface area contributed by atoms with Gasteiger partial charge in [0.25, 0.3) is 0 Å². The highest BCUT2D eigenvalue weighted by Crippen LogP contribution is 2.14. The number of nitrogens with zero attached hydrogens (tertiary/aromatic N) is 1. The molecule has 9 heteroatoms. The number of unbranched alkanes of at least 4 members (excludes halogenated alkanes) is 2. The predicted molar refractivity (Wildman–Crippen MR) is 112 cm³/mol. The number of nitrogens with one attached hydrogen (secondary N) is 2. The first-order chi connectivity index (χ1) is 12.1. The predicted octanol–water partition coefficient (Wildman–Crippen LogP) is 3.12. The van der Waals surface area contributed by atoms with Gasteiger partial charge in [-0.15, -0.1) is 24.8 Å². The van der Waals surface area contributed by atoms with Gasteiger partial charge < -0.3 is 20.9 Å². The van der Waals surface area contributed by atoms with Crippen molar-refractivity contribution in [3.8, 4) is 11.5 Å².